The third kappa shape index (κ3) is 1.72. The minimum Gasteiger partial charge on any atom is -0.486 e. The Morgan fingerprint density at radius 1 is 1.29 bits per heavy atom. The third-order valence-corrected chi connectivity index (χ3v) is 2.98. The van der Waals surface area contributed by atoms with E-state index < -0.39 is 0 Å². The molecule has 0 atom stereocenters. The highest BCUT2D eigenvalue weighted by Gasteiger charge is 2.16. The van der Waals surface area contributed by atoms with Gasteiger partial charge in [0.15, 0.2) is 11.5 Å². The Morgan fingerprint density at radius 2 is 2.07 bits per heavy atom. The molecule has 3 nitrogen and oxygen atoms in total. The first kappa shape index (κ1) is 9.80. The Balaban J connectivity index is 2.38. The molecule has 0 unspecified atom stereocenters. The molecule has 14 heavy (non-hydrogen) atoms. The Hall–Kier alpha value is -0.740. The van der Waals surface area contributed by atoms with Crippen molar-refractivity contribution in [2.24, 2.45) is 0 Å². The number of aliphatic hydroxyl groups is 1. The zero-order chi connectivity index (χ0) is 9.97. The maximum Gasteiger partial charge on any atom is 0.175 e. The van der Waals surface area contributed by atoms with Gasteiger partial charge in [-0.05, 0) is 34.0 Å². The molecular weight excluding hydrogens is 248 g/mol. The second kappa shape index (κ2) is 4.19. The fraction of sp³-hybridized carbons (Fsp3) is 0.400. The smallest absolute Gasteiger partial charge is 0.175 e. The van der Waals surface area contributed by atoms with Crippen LogP contribution in [0.5, 0.6) is 11.5 Å². The number of hydrogen-bond donors (Lipinski definition) is 1. The van der Waals surface area contributed by atoms with Gasteiger partial charge in [-0.1, -0.05) is 6.07 Å². The zero-order valence-corrected chi connectivity index (χ0v) is 9.21. The predicted molar refractivity (Wildman–Crippen MR) is 55.9 cm³/mol. The van der Waals surface area contributed by atoms with Gasteiger partial charge >= 0.3 is 0 Å². The summed E-state index contributed by atoms with van der Waals surface area (Å²) in [6.45, 7) is 1.31. The van der Waals surface area contributed by atoms with E-state index in [0.29, 0.717) is 19.6 Å². The van der Waals surface area contributed by atoms with Crippen molar-refractivity contribution in [1.82, 2.24) is 0 Å². The van der Waals surface area contributed by atoms with Crippen molar-refractivity contribution >= 4 is 15.9 Å². The van der Waals surface area contributed by atoms with Crippen molar-refractivity contribution in [3.05, 3.63) is 22.2 Å². The van der Waals surface area contributed by atoms with Gasteiger partial charge in [-0.2, -0.15) is 0 Å². The molecule has 0 amide bonds. The van der Waals surface area contributed by atoms with Gasteiger partial charge in [-0.3, -0.25) is 0 Å². The maximum absolute atomic E-state index is 8.86. The highest BCUT2D eigenvalue weighted by atomic mass is 79.9. The first-order valence-corrected chi connectivity index (χ1v) is 5.30. The van der Waals surface area contributed by atoms with Crippen LogP contribution >= 0.6 is 15.9 Å². The second-order valence-corrected chi connectivity index (χ2v) is 3.83. The molecule has 0 saturated carbocycles. The van der Waals surface area contributed by atoms with Crippen molar-refractivity contribution in [2.75, 3.05) is 19.8 Å². The van der Waals surface area contributed by atoms with E-state index in [9.17, 15) is 0 Å². The first-order chi connectivity index (χ1) is 6.83. The van der Waals surface area contributed by atoms with Crippen LogP contribution in [-0.2, 0) is 6.42 Å². The molecule has 0 fully saturated rings. The van der Waals surface area contributed by atoms with Gasteiger partial charge < -0.3 is 14.6 Å². The average Bonchev–Trinajstić information content (AvgIpc) is 2.23. The molecular formula is C10H11BrO3. The average molecular weight is 259 g/mol. The number of hydrogen-bond acceptors (Lipinski definition) is 3. The van der Waals surface area contributed by atoms with Gasteiger partial charge in [-0.15, -0.1) is 0 Å². The highest BCUT2D eigenvalue weighted by Crippen LogP contribution is 2.39. The summed E-state index contributed by atoms with van der Waals surface area (Å²) < 4.78 is 11.8. The molecule has 0 spiro atoms. The first-order valence-electron chi connectivity index (χ1n) is 4.51. The Morgan fingerprint density at radius 3 is 2.86 bits per heavy atom. The summed E-state index contributed by atoms with van der Waals surface area (Å²) in [7, 11) is 0. The van der Waals surface area contributed by atoms with Crippen molar-refractivity contribution in [1.29, 1.82) is 0 Å². The molecule has 1 heterocycles. The van der Waals surface area contributed by atoms with Gasteiger partial charge in [0.05, 0.1) is 4.47 Å². The lowest BCUT2D eigenvalue weighted by atomic mass is 10.1. The van der Waals surface area contributed by atoms with E-state index in [-0.39, 0.29) is 6.61 Å². The molecule has 1 aromatic carbocycles. The molecule has 76 valence electrons. The molecule has 0 radical (unpaired) electrons. The summed E-state index contributed by atoms with van der Waals surface area (Å²) in [5.41, 5.74) is 1.04. The van der Waals surface area contributed by atoms with Crippen molar-refractivity contribution in [2.45, 2.75) is 6.42 Å². The zero-order valence-electron chi connectivity index (χ0n) is 7.62. The number of rotatable bonds is 2. The van der Waals surface area contributed by atoms with Crippen LogP contribution in [0.1, 0.15) is 5.56 Å². The summed E-state index contributed by atoms with van der Waals surface area (Å²) in [5.74, 6) is 1.52. The second-order valence-electron chi connectivity index (χ2n) is 3.04. The van der Waals surface area contributed by atoms with Crippen LogP contribution in [-0.4, -0.2) is 24.9 Å². The van der Waals surface area contributed by atoms with E-state index in [1.807, 2.05) is 12.1 Å². The van der Waals surface area contributed by atoms with Crippen LogP contribution in [0.3, 0.4) is 0 Å². The molecule has 4 heteroatoms. The van der Waals surface area contributed by atoms with Gasteiger partial charge in [0.25, 0.3) is 0 Å². The fourth-order valence-electron chi connectivity index (χ4n) is 1.44. The molecule has 0 bridgehead atoms. The van der Waals surface area contributed by atoms with E-state index in [4.69, 9.17) is 14.6 Å². The number of benzene rings is 1. The summed E-state index contributed by atoms with van der Waals surface area (Å²) in [4.78, 5) is 0. The summed E-state index contributed by atoms with van der Waals surface area (Å²) >= 11 is 3.45. The number of fused-ring (bicyclic) bond motifs is 1. The quantitative estimate of drug-likeness (QED) is 0.879. The molecule has 1 aromatic rings. The van der Waals surface area contributed by atoms with E-state index in [1.165, 1.54) is 0 Å². The van der Waals surface area contributed by atoms with Gasteiger partial charge in [-0.25, -0.2) is 0 Å². The number of aliphatic hydroxyl groups excluding tert-OH is 1. The van der Waals surface area contributed by atoms with E-state index in [1.54, 1.807) is 0 Å². The number of ether oxygens (including phenoxy) is 2. The SMILES string of the molecule is OCCc1ccc2c(c1Br)OCCO2. The minimum atomic E-state index is 0.137. The van der Waals surface area contributed by atoms with Crippen LogP contribution in [0.25, 0.3) is 0 Å². The molecule has 0 aromatic heterocycles. The molecule has 2 rings (SSSR count). The minimum absolute atomic E-state index is 0.137. The maximum atomic E-state index is 8.86. The Bertz CT molecular complexity index is 338. The van der Waals surface area contributed by atoms with Crippen molar-refractivity contribution < 1.29 is 14.6 Å². The molecule has 0 aliphatic carbocycles. The van der Waals surface area contributed by atoms with Crippen LogP contribution in [0.4, 0.5) is 0 Å². The van der Waals surface area contributed by atoms with Crippen LogP contribution in [0, 0.1) is 0 Å². The van der Waals surface area contributed by atoms with Gasteiger partial charge in [0.1, 0.15) is 13.2 Å². The van der Waals surface area contributed by atoms with Gasteiger partial charge in [0, 0.05) is 6.61 Å². The topological polar surface area (TPSA) is 38.7 Å². The molecule has 1 N–H and O–H groups in total. The van der Waals surface area contributed by atoms with Crippen molar-refractivity contribution in [3.63, 3.8) is 0 Å². The Labute approximate surface area is 90.8 Å². The fourth-order valence-corrected chi connectivity index (χ4v) is 2.08. The lowest BCUT2D eigenvalue weighted by Crippen LogP contribution is -2.16. The van der Waals surface area contributed by atoms with Crippen LogP contribution in [0.15, 0.2) is 16.6 Å². The summed E-state index contributed by atoms with van der Waals surface area (Å²) in [6, 6.07) is 3.82. The lowest BCUT2D eigenvalue weighted by molar-refractivity contribution is 0.170. The molecule has 0 saturated heterocycles. The highest BCUT2D eigenvalue weighted by molar-refractivity contribution is 9.10. The summed E-state index contributed by atoms with van der Waals surface area (Å²) in [5, 5.41) is 8.86. The van der Waals surface area contributed by atoms with Crippen LogP contribution < -0.4 is 9.47 Å². The summed E-state index contributed by atoms with van der Waals surface area (Å²) in [6.07, 6.45) is 0.622. The van der Waals surface area contributed by atoms with E-state index in [0.717, 1.165) is 21.5 Å². The largest absolute Gasteiger partial charge is 0.486 e. The normalized spacial score (nSPS) is 14.1. The monoisotopic (exact) mass is 258 g/mol. The predicted octanol–water partition coefficient (Wildman–Crippen LogP) is 1.76. The molecule has 1 aliphatic rings. The van der Waals surface area contributed by atoms with E-state index >= 15 is 0 Å². The molecule has 1 aliphatic heterocycles. The standard InChI is InChI=1S/C10H11BrO3/c11-9-7(3-4-12)1-2-8-10(9)14-6-5-13-8/h1-2,12H,3-6H2. The van der Waals surface area contributed by atoms with Crippen LogP contribution in [0.2, 0.25) is 0 Å². The van der Waals surface area contributed by atoms with E-state index in [2.05, 4.69) is 15.9 Å². The lowest BCUT2D eigenvalue weighted by Gasteiger charge is -2.20. The van der Waals surface area contributed by atoms with Crippen molar-refractivity contribution in [3.8, 4) is 11.5 Å². The number of halogens is 1. The van der Waals surface area contributed by atoms with Gasteiger partial charge in [0.2, 0.25) is 0 Å². The third-order valence-electron chi connectivity index (χ3n) is 2.11. The Kier molecular flexibility index (Phi) is 2.93.